The number of carboxylic acids is 1. The van der Waals surface area contributed by atoms with Gasteiger partial charge >= 0.3 is 12.0 Å². The van der Waals surface area contributed by atoms with Gasteiger partial charge < -0.3 is 20.1 Å². The molecule has 1 aliphatic carbocycles. The van der Waals surface area contributed by atoms with Crippen LogP contribution >= 0.6 is 22.9 Å². The first-order valence-electron chi connectivity index (χ1n) is 10.4. The molecule has 1 aliphatic heterocycles. The fourth-order valence-electron chi connectivity index (χ4n) is 4.45. The molecular formula is C23H27ClN2O4S. The second kappa shape index (κ2) is 8.45. The number of aromatic carboxylic acids is 1. The second-order valence-electron chi connectivity index (χ2n) is 9.07. The lowest BCUT2D eigenvalue weighted by atomic mass is 9.76. The summed E-state index contributed by atoms with van der Waals surface area (Å²) in [6.07, 6.45) is 3.46. The van der Waals surface area contributed by atoms with Crippen LogP contribution in [0.2, 0.25) is 5.02 Å². The van der Waals surface area contributed by atoms with Crippen molar-refractivity contribution in [1.29, 1.82) is 0 Å². The first-order chi connectivity index (χ1) is 14.7. The Kier molecular flexibility index (Phi) is 6.03. The van der Waals surface area contributed by atoms with Crippen LogP contribution in [0.3, 0.4) is 0 Å². The number of ether oxygens (including phenoxy) is 1. The summed E-state index contributed by atoms with van der Waals surface area (Å²) in [5.74, 6) is -0.940. The van der Waals surface area contributed by atoms with E-state index in [0.717, 1.165) is 36.1 Å². The summed E-state index contributed by atoms with van der Waals surface area (Å²) in [4.78, 5) is 28.6. The summed E-state index contributed by atoms with van der Waals surface area (Å²) in [5, 5.41) is 13.5. The lowest BCUT2D eigenvalue weighted by Gasteiger charge is -2.29. The van der Waals surface area contributed by atoms with E-state index in [-0.39, 0.29) is 17.6 Å². The van der Waals surface area contributed by atoms with E-state index in [9.17, 15) is 14.7 Å². The van der Waals surface area contributed by atoms with E-state index in [1.165, 1.54) is 11.3 Å². The van der Waals surface area contributed by atoms with Crippen LogP contribution in [0.5, 0.6) is 0 Å². The van der Waals surface area contributed by atoms with E-state index in [1.54, 1.807) is 30.2 Å². The SMILES string of the molecule is CO[C@@H]1CCN(C(=O)Nc2ccc(Cl)cc2-c2sc3c(c2C(=O)O)CC(C)(C)CC3)C1. The van der Waals surface area contributed by atoms with Gasteiger partial charge in [0.2, 0.25) is 0 Å². The molecule has 2 heterocycles. The molecule has 4 rings (SSSR count). The third-order valence-corrected chi connectivity index (χ3v) is 7.78. The monoisotopic (exact) mass is 462 g/mol. The van der Waals surface area contributed by atoms with Gasteiger partial charge in [0.05, 0.1) is 22.2 Å². The molecule has 1 atom stereocenters. The Morgan fingerprint density at radius 1 is 1.35 bits per heavy atom. The number of amides is 2. The molecule has 6 nitrogen and oxygen atoms in total. The Labute approximate surface area is 191 Å². The number of carbonyl (C=O) groups is 2. The quantitative estimate of drug-likeness (QED) is 0.625. The van der Waals surface area contributed by atoms with Crippen LogP contribution < -0.4 is 5.32 Å². The molecule has 0 radical (unpaired) electrons. The first kappa shape index (κ1) is 22.1. The van der Waals surface area contributed by atoms with Crippen molar-refractivity contribution in [2.24, 2.45) is 5.41 Å². The maximum atomic E-state index is 12.9. The molecule has 1 aromatic carbocycles. The smallest absolute Gasteiger partial charge is 0.337 e. The number of fused-ring (bicyclic) bond motifs is 1. The topological polar surface area (TPSA) is 78.9 Å². The highest BCUT2D eigenvalue weighted by Crippen LogP contribution is 2.47. The largest absolute Gasteiger partial charge is 0.478 e. The van der Waals surface area contributed by atoms with Crippen LogP contribution in [0.1, 0.15) is 47.5 Å². The Balaban J connectivity index is 1.72. The molecule has 0 spiro atoms. The summed E-state index contributed by atoms with van der Waals surface area (Å²) >= 11 is 7.80. The molecule has 1 fully saturated rings. The molecule has 0 bridgehead atoms. The predicted molar refractivity (Wildman–Crippen MR) is 124 cm³/mol. The lowest BCUT2D eigenvalue weighted by Crippen LogP contribution is -2.34. The van der Waals surface area contributed by atoms with Gasteiger partial charge in [0.15, 0.2) is 0 Å². The Hall–Kier alpha value is -2.09. The number of aryl methyl sites for hydroxylation is 1. The highest BCUT2D eigenvalue weighted by atomic mass is 35.5. The van der Waals surface area contributed by atoms with E-state index in [0.29, 0.717) is 39.8 Å². The zero-order valence-electron chi connectivity index (χ0n) is 18.0. The van der Waals surface area contributed by atoms with Gasteiger partial charge in [-0.2, -0.15) is 0 Å². The zero-order valence-corrected chi connectivity index (χ0v) is 19.5. The third-order valence-electron chi connectivity index (χ3n) is 6.22. The molecule has 0 saturated carbocycles. The highest BCUT2D eigenvalue weighted by Gasteiger charge is 2.34. The van der Waals surface area contributed by atoms with Gasteiger partial charge in [-0.25, -0.2) is 9.59 Å². The number of urea groups is 1. The van der Waals surface area contributed by atoms with E-state index in [2.05, 4.69) is 19.2 Å². The number of nitrogens with zero attached hydrogens (tertiary/aromatic N) is 1. The number of hydrogen-bond donors (Lipinski definition) is 2. The number of rotatable bonds is 4. The number of benzene rings is 1. The Bertz CT molecular complexity index is 1030. The number of methoxy groups -OCH3 is 1. The normalized spacial score (nSPS) is 19.9. The van der Waals surface area contributed by atoms with Crippen LogP contribution in [0, 0.1) is 5.41 Å². The number of thiophene rings is 1. The summed E-state index contributed by atoms with van der Waals surface area (Å²) in [5.41, 5.74) is 2.54. The predicted octanol–water partition coefficient (Wildman–Crippen LogP) is 5.53. The number of carbonyl (C=O) groups excluding carboxylic acids is 1. The molecule has 2 N–H and O–H groups in total. The van der Waals surface area contributed by atoms with Gasteiger partial charge in [-0.15, -0.1) is 11.3 Å². The van der Waals surface area contributed by atoms with Crippen LogP contribution in [0.25, 0.3) is 10.4 Å². The Morgan fingerprint density at radius 2 is 2.13 bits per heavy atom. The fraction of sp³-hybridized carbons (Fsp3) is 0.478. The average Bonchev–Trinajstić information content (AvgIpc) is 3.32. The highest BCUT2D eigenvalue weighted by molar-refractivity contribution is 7.16. The minimum atomic E-state index is -0.940. The van der Waals surface area contributed by atoms with Crippen molar-refractivity contribution in [1.82, 2.24) is 4.90 Å². The van der Waals surface area contributed by atoms with E-state index >= 15 is 0 Å². The van der Waals surface area contributed by atoms with E-state index in [4.69, 9.17) is 16.3 Å². The molecule has 0 unspecified atom stereocenters. The van der Waals surface area contributed by atoms with Gasteiger partial charge in [-0.1, -0.05) is 25.4 Å². The maximum Gasteiger partial charge on any atom is 0.337 e. The molecule has 2 amide bonds. The van der Waals surface area contributed by atoms with Crippen molar-refractivity contribution < 1.29 is 19.4 Å². The van der Waals surface area contributed by atoms with Crippen LogP contribution in [-0.2, 0) is 17.6 Å². The van der Waals surface area contributed by atoms with Gasteiger partial charge in [0.1, 0.15) is 0 Å². The average molecular weight is 463 g/mol. The zero-order chi connectivity index (χ0) is 22.3. The standard InChI is InChI=1S/C23H27ClN2O4S/c1-23(2)8-6-18-16(11-23)19(21(27)28)20(31-18)15-10-13(24)4-5-17(15)25-22(29)26-9-7-14(12-26)30-3/h4-5,10,14H,6-9,11-12H2,1-3H3,(H,25,29)(H,27,28)/t14-/m1/s1. The fourth-order valence-corrected chi connectivity index (χ4v) is 5.96. The van der Waals surface area contributed by atoms with Crippen molar-refractivity contribution in [2.75, 3.05) is 25.5 Å². The second-order valence-corrected chi connectivity index (χ2v) is 10.6. The molecule has 1 aromatic heterocycles. The van der Waals surface area contributed by atoms with Gasteiger partial charge in [-0.3, -0.25) is 0 Å². The molecule has 166 valence electrons. The molecule has 2 aliphatic rings. The summed E-state index contributed by atoms with van der Waals surface area (Å²) in [7, 11) is 1.65. The third kappa shape index (κ3) is 4.45. The van der Waals surface area contributed by atoms with Crippen LogP contribution in [0.4, 0.5) is 10.5 Å². The first-order valence-corrected chi connectivity index (χ1v) is 11.6. The summed E-state index contributed by atoms with van der Waals surface area (Å²) < 4.78 is 5.35. The number of likely N-dealkylation sites (tertiary alicyclic amines) is 1. The minimum Gasteiger partial charge on any atom is -0.478 e. The number of carboxylic acid groups (broad SMARTS) is 1. The number of nitrogens with one attached hydrogen (secondary N) is 1. The summed E-state index contributed by atoms with van der Waals surface area (Å²) in [6, 6.07) is 4.98. The van der Waals surface area contributed by atoms with E-state index < -0.39 is 5.97 Å². The van der Waals surface area contributed by atoms with E-state index in [1.807, 2.05) is 0 Å². The van der Waals surface area contributed by atoms with Crippen molar-refractivity contribution in [3.63, 3.8) is 0 Å². The molecule has 8 heteroatoms. The lowest BCUT2D eigenvalue weighted by molar-refractivity contribution is 0.0696. The maximum absolute atomic E-state index is 12.9. The van der Waals surface area contributed by atoms with Crippen LogP contribution in [-0.4, -0.2) is 48.3 Å². The summed E-state index contributed by atoms with van der Waals surface area (Å²) in [6.45, 7) is 5.50. The molecule has 2 aromatic rings. The number of anilines is 1. The van der Waals surface area contributed by atoms with Gasteiger partial charge in [0, 0.05) is 35.7 Å². The number of hydrogen-bond acceptors (Lipinski definition) is 4. The van der Waals surface area contributed by atoms with Gasteiger partial charge in [-0.05, 0) is 54.9 Å². The van der Waals surface area contributed by atoms with Crippen molar-refractivity contribution in [3.05, 3.63) is 39.2 Å². The molecular weight excluding hydrogens is 436 g/mol. The van der Waals surface area contributed by atoms with Crippen LogP contribution in [0.15, 0.2) is 18.2 Å². The van der Waals surface area contributed by atoms with Crippen molar-refractivity contribution in [3.8, 4) is 10.4 Å². The molecule has 31 heavy (non-hydrogen) atoms. The minimum absolute atomic E-state index is 0.0430. The van der Waals surface area contributed by atoms with Gasteiger partial charge in [0.25, 0.3) is 0 Å². The Morgan fingerprint density at radius 3 is 2.81 bits per heavy atom. The van der Waals surface area contributed by atoms with Crippen molar-refractivity contribution in [2.45, 2.75) is 45.6 Å². The number of halogens is 1. The molecule has 1 saturated heterocycles. The van der Waals surface area contributed by atoms with Crippen molar-refractivity contribution >= 4 is 40.6 Å².